The van der Waals surface area contributed by atoms with E-state index in [0.717, 1.165) is 0 Å². The molecule has 5 heterocycles. The maximum absolute atomic E-state index is 14.9. The van der Waals surface area contributed by atoms with Gasteiger partial charge in [0.05, 0.1) is 29.8 Å². The van der Waals surface area contributed by atoms with Gasteiger partial charge in [0.2, 0.25) is 0 Å². The van der Waals surface area contributed by atoms with Gasteiger partial charge < -0.3 is 49.0 Å². The molecule has 18 heteroatoms. The standard InChI is InChI=1S/C43H66N6O11S/c1-14-29-43(9)31(30(40(53)59-43)36(44)48-60-26(7)37-46-47-38(61-37)27-17-15-16-18-45-27)23(4)32(50)21(2)20-42(8,55-13)35(24(5)33(51)25(6)39(52)57-29)58-41-34(54-12)28(49(10)11)19-22(3)56-41/h15-18,21-26,28-31,33-35,41,51H,14,19-20H2,1-13H3,(H2,44,48)/t21-,22-,23-,24+,25-,26+,28+,29+,30-,31+,33-,34-,35-,41+,42-,43-/m1/s1. The Labute approximate surface area is 363 Å². The van der Waals surface area contributed by atoms with E-state index in [1.54, 1.807) is 67.8 Å². The number of hydrogen-bond donors (Lipinski definition) is 2. The molecule has 3 fully saturated rings. The molecule has 0 aliphatic carbocycles. The van der Waals surface area contributed by atoms with Gasteiger partial charge in [0.15, 0.2) is 33.8 Å². The van der Waals surface area contributed by atoms with Gasteiger partial charge in [0, 0.05) is 50.1 Å². The first-order valence-electron chi connectivity index (χ1n) is 21.2. The molecule has 0 unspecified atom stereocenters. The predicted molar refractivity (Wildman–Crippen MR) is 226 cm³/mol. The summed E-state index contributed by atoms with van der Waals surface area (Å²) in [4.78, 5) is 55.2. The lowest BCUT2D eigenvalue weighted by molar-refractivity contribution is -0.305. The van der Waals surface area contributed by atoms with E-state index in [2.05, 4.69) is 25.2 Å². The Hall–Kier alpha value is -3.65. The van der Waals surface area contributed by atoms with Gasteiger partial charge in [0.25, 0.3) is 0 Å². The van der Waals surface area contributed by atoms with Crippen LogP contribution in [0.3, 0.4) is 0 Å². The number of oxime groups is 1. The number of carbonyl (C=O) groups excluding carboxylic acids is 3. The lowest BCUT2D eigenvalue weighted by Gasteiger charge is -2.48. The fourth-order valence-corrected chi connectivity index (χ4v) is 10.4. The number of Topliss-reactive ketones (excluding diaryl/α,β-unsaturated/α-hetero) is 1. The number of hydrogen-bond acceptors (Lipinski definition) is 17. The summed E-state index contributed by atoms with van der Waals surface area (Å²) >= 11 is 1.27. The van der Waals surface area contributed by atoms with E-state index in [-0.39, 0.29) is 36.6 Å². The van der Waals surface area contributed by atoms with Crippen molar-refractivity contribution in [2.45, 2.75) is 142 Å². The lowest BCUT2D eigenvalue weighted by atomic mass is 9.67. The van der Waals surface area contributed by atoms with Crippen molar-refractivity contribution in [2.24, 2.45) is 46.4 Å². The summed E-state index contributed by atoms with van der Waals surface area (Å²) in [5.41, 5.74) is 4.53. The molecule has 0 radical (unpaired) electrons. The van der Waals surface area contributed by atoms with Gasteiger partial charge in [-0.05, 0) is 80.1 Å². The van der Waals surface area contributed by atoms with Gasteiger partial charge in [0.1, 0.15) is 29.6 Å². The summed E-state index contributed by atoms with van der Waals surface area (Å²) in [7, 11) is 7.06. The fourth-order valence-electron chi connectivity index (χ4n) is 9.57. The Morgan fingerprint density at radius 3 is 2.39 bits per heavy atom. The van der Waals surface area contributed by atoms with Crippen molar-refractivity contribution in [3.8, 4) is 10.7 Å². The molecule has 61 heavy (non-hydrogen) atoms. The van der Waals surface area contributed by atoms with Crippen LogP contribution in [0.1, 0.15) is 92.7 Å². The van der Waals surface area contributed by atoms with Crippen LogP contribution in [-0.4, -0.2) is 131 Å². The maximum atomic E-state index is 14.9. The third-order valence-electron chi connectivity index (χ3n) is 13.1. The molecule has 0 amide bonds. The van der Waals surface area contributed by atoms with Crippen LogP contribution >= 0.6 is 11.3 Å². The molecule has 0 saturated carbocycles. The zero-order valence-corrected chi connectivity index (χ0v) is 38.6. The Morgan fingerprint density at radius 1 is 1.08 bits per heavy atom. The Kier molecular flexibility index (Phi) is 15.7. The molecule has 0 bridgehead atoms. The minimum Gasteiger partial charge on any atom is -0.458 e. The van der Waals surface area contributed by atoms with E-state index in [1.165, 1.54) is 18.4 Å². The lowest BCUT2D eigenvalue weighted by Crippen LogP contribution is -2.60. The third-order valence-corrected chi connectivity index (χ3v) is 14.2. The molecule has 5 rings (SSSR count). The number of nitrogens with two attached hydrogens (primary N) is 1. The van der Waals surface area contributed by atoms with Crippen molar-refractivity contribution < 1.29 is 52.7 Å². The van der Waals surface area contributed by atoms with Gasteiger partial charge in [-0.3, -0.25) is 19.4 Å². The molecule has 16 atom stereocenters. The summed E-state index contributed by atoms with van der Waals surface area (Å²) in [6, 6.07) is 5.42. The number of amidine groups is 1. The first kappa shape index (κ1) is 48.4. The molecule has 17 nitrogen and oxygen atoms in total. The monoisotopic (exact) mass is 874 g/mol. The summed E-state index contributed by atoms with van der Waals surface area (Å²) < 4.78 is 37.8. The van der Waals surface area contributed by atoms with Crippen LogP contribution in [0.25, 0.3) is 10.7 Å². The summed E-state index contributed by atoms with van der Waals surface area (Å²) in [5.74, 6) is -7.49. The van der Waals surface area contributed by atoms with E-state index in [4.69, 9.17) is 39.0 Å². The smallest absolute Gasteiger partial charge is 0.317 e. The molecule has 3 N–H and O–H groups in total. The molecular formula is C43H66N6O11S. The molecule has 3 saturated heterocycles. The number of likely N-dealkylation sites (N-methyl/N-ethyl adjacent to an activating group) is 1. The van der Waals surface area contributed by atoms with Crippen LogP contribution in [0.2, 0.25) is 0 Å². The Morgan fingerprint density at radius 2 is 1.79 bits per heavy atom. The number of esters is 2. The van der Waals surface area contributed by atoms with E-state index in [1.807, 2.05) is 40.1 Å². The molecular weight excluding hydrogens is 809 g/mol. The van der Waals surface area contributed by atoms with Crippen LogP contribution in [0.4, 0.5) is 0 Å². The zero-order valence-electron chi connectivity index (χ0n) is 37.8. The SMILES string of the molecule is CC[C@@H]1OC(=O)[C@H](C)[C@H](O)[C@H](C)[C@@H](O[C@@H]2O[C@H](C)C[C@H](N(C)C)[C@H]2OC)[C@](C)(OC)C[C@@H](C)C(=O)[C@H](C)[C@H]2[C@H](/C(N)=N/O[C@@H](C)c3nnc(-c4ccccn4)s3)C(=O)O[C@@]21C. The predicted octanol–water partition coefficient (Wildman–Crippen LogP) is 4.57. The topological polar surface area (TPSA) is 216 Å². The van der Waals surface area contributed by atoms with Gasteiger partial charge in [-0.1, -0.05) is 50.3 Å². The second kappa shape index (κ2) is 19.8. The minimum absolute atomic E-state index is 0.0508. The zero-order chi connectivity index (χ0) is 45.1. The maximum Gasteiger partial charge on any atom is 0.317 e. The molecule has 0 spiro atoms. The Bertz CT molecular complexity index is 1850. The number of ether oxygens (including phenoxy) is 6. The third kappa shape index (κ3) is 9.95. The molecule has 340 valence electrons. The molecule has 0 aromatic carbocycles. The van der Waals surface area contributed by atoms with Crippen LogP contribution in [0, 0.1) is 35.5 Å². The van der Waals surface area contributed by atoms with Crippen LogP contribution in [0.15, 0.2) is 29.6 Å². The number of aliphatic hydroxyl groups excluding tert-OH is 1. The number of pyridine rings is 1. The van der Waals surface area contributed by atoms with Crippen molar-refractivity contribution in [3.05, 3.63) is 29.4 Å². The highest BCUT2D eigenvalue weighted by Gasteiger charge is 2.63. The van der Waals surface area contributed by atoms with Crippen molar-refractivity contribution in [2.75, 3.05) is 28.3 Å². The van der Waals surface area contributed by atoms with Crippen molar-refractivity contribution in [3.63, 3.8) is 0 Å². The highest BCUT2D eigenvalue weighted by atomic mass is 32.1. The summed E-state index contributed by atoms with van der Waals surface area (Å²) in [6.45, 7) is 15.8. The van der Waals surface area contributed by atoms with E-state index in [9.17, 15) is 19.5 Å². The highest BCUT2D eigenvalue weighted by molar-refractivity contribution is 7.14. The van der Waals surface area contributed by atoms with Crippen LogP contribution in [0.5, 0.6) is 0 Å². The average molecular weight is 875 g/mol. The van der Waals surface area contributed by atoms with E-state index in [0.29, 0.717) is 22.1 Å². The minimum atomic E-state index is -1.53. The van der Waals surface area contributed by atoms with E-state index >= 15 is 0 Å². The van der Waals surface area contributed by atoms with Crippen LogP contribution < -0.4 is 5.73 Å². The number of methoxy groups -OCH3 is 2. The fraction of sp³-hybridized carbons (Fsp3) is 0.744. The number of aromatic nitrogens is 3. The normalized spacial score (nSPS) is 38.6. The number of cyclic esters (lactones) is 1. The first-order chi connectivity index (χ1) is 28.7. The molecule has 2 aromatic heterocycles. The second-order valence-electron chi connectivity index (χ2n) is 17.7. The van der Waals surface area contributed by atoms with E-state index < -0.39 is 95.5 Å². The number of aliphatic hydroxyl groups is 1. The summed E-state index contributed by atoms with van der Waals surface area (Å²) in [6.07, 6.45) is -2.83. The largest absolute Gasteiger partial charge is 0.458 e. The number of fused-ring (bicyclic) bond motifs is 1. The van der Waals surface area contributed by atoms with Crippen molar-refractivity contribution in [1.29, 1.82) is 0 Å². The quantitative estimate of drug-likeness (QED) is 0.137. The van der Waals surface area contributed by atoms with Crippen molar-refractivity contribution >= 4 is 34.9 Å². The Balaban J connectivity index is 1.51. The number of nitrogens with zero attached hydrogens (tertiary/aromatic N) is 5. The molecule has 3 aliphatic heterocycles. The van der Waals surface area contributed by atoms with Crippen LogP contribution in [-0.2, 0) is 47.6 Å². The highest BCUT2D eigenvalue weighted by Crippen LogP contribution is 2.48. The number of carbonyl (C=O) groups is 3. The van der Waals surface area contributed by atoms with Gasteiger partial charge >= 0.3 is 11.9 Å². The molecule has 3 aliphatic rings. The van der Waals surface area contributed by atoms with Crippen molar-refractivity contribution in [1.82, 2.24) is 20.1 Å². The number of rotatable bonds is 11. The molecule has 2 aromatic rings. The van der Waals surface area contributed by atoms with Gasteiger partial charge in [-0.15, -0.1) is 10.2 Å². The number of ketones is 1. The second-order valence-corrected chi connectivity index (χ2v) is 18.7. The van der Waals surface area contributed by atoms with Gasteiger partial charge in [-0.2, -0.15) is 0 Å². The summed E-state index contributed by atoms with van der Waals surface area (Å²) in [5, 5.41) is 25.8. The van der Waals surface area contributed by atoms with Gasteiger partial charge in [-0.25, -0.2) is 0 Å². The average Bonchev–Trinajstić information content (AvgIpc) is 3.84. The first-order valence-corrected chi connectivity index (χ1v) is 22.0.